The van der Waals surface area contributed by atoms with Gasteiger partial charge < -0.3 is 5.32 Å². The number of carbonyl (C=O) groups excluding carboxylic acids is 1. The number of aryl methyl sites for hydroxylation is 2. The molecule has 0 bridgehead atoms. The van der Waals surface area contributed by atoms with E-state index in [1.165, 1.54) is 22.5 Å². The topological polar surface area (TPSA) is 66.5 Å². The molecule has 1 aliphatic rings. The van der Waals surface area contributed by atoms with Crippen molar-refractivity contribution < 1.29 is 13.2 Å². The van der Waals surface area contributed by atoms with Crippen molar-refractivity contribution in [3.63, 3.8) is 0 Å². The van der Waals surface area contributed by atoms with E-state index in [4.69, 9.17) is 23.2 Å². The lowest BCUT2D eigenvalue weighted by atomic mass is 10.1. The van der Waals surface area contributed by atoms with Crippen LogP contribution in [0.5, 0.6) is 0 Å². The Morgan fingerprint density at radius 2 is 1.70 bits per heavy atom. The van der Waals surface area contributed by atoms with Crippen molar-refractivity contribution in [3.05, 3.63) is 57.1 Å². The molecule has 0 spiro atoms. The van der Waals surface area contributed by atoms with E-state index < -0.39 is 15.9 Å². The number of amides is 1. The fourth-order valence-electron chi connectivity index (χ4n) is 3.17. The van der Waals surface area contributed by atoms with Crippen LogP contribution in [-0.2, 0) is 10.0 Å². The van der Waals surface area contributed by atoms with Crippen LogP contribution in [-0.4, -0.2) is 31.7 Å². The number of benzene rings is 2. The molecule has 0 saturated carbocycles. The number of carbonyl (C=O) groups is 1. The van der Waals surface area contributed by atoms with Gasteiger partial charge in [0.05, 0.1) is 15.7 Å². The molecule has 144 valence electrons. The van der Waals surface area contributed by atoms with Crippen molar-refractivity contribution >= 4 is 44.8 Å². The first kappa shape index (κ1) is 20.1. The lowest BCUT2D eigenvalue weighted by Gasteiger charge is -2.17. The van der Waals surface area contributed by atoms with Crippen LogP contribution >= 0.6 is 23.2 Å². The van der Waals surface area contributed by atoms with Gasteiger partial charge in [0.2, 0.25) is 10.0 Å². The summed E-state index contributed by atoms with van der Waals surface area (Å²) in [4.78, 5) is 12.6. The van der Waals surface area contributed by atoms with E-state index in [2.05, 4.69) is 5.32 Å². The molecule has 2 aromatic rings. The third kappa shape index (κ3) is 4.14. The second-order valence-electron chi connectivity index (χ2n) is 6.65. The Balaban J connectivity index is 1.93. The smallest absolute Gasteiger partial charge is 0.255 e. The van der Waals surface area contributed by atoms with Gasteiger partial charge in [-0.2, -0.15) is 4.31 Å². The average molecular weight is 427 g/mol. The lowest BCUT2D eigenvalue weighted by molar-refractivity contribution is 0.102. The lowest BCUT2D eigenvalue weighted by Crippen LogP contribution is -2.28. The maximum absolute atomic E-state index is 12.8. The fraction of sp³-hybridized carbons (Fsp3) is 0.316. The summed E-state index contributed by atoms with van der Waals surface area (Å²) >= 11 is 12.4. The molecule has 1 aliphatic heterocycles. The highest BCUT2D eigenvalue weighted by molar-refractivity contribution is 7.89. The maximum atomic E-state index is 12.8. The number of hydrogen-bond donors (Lipinski definition) is 1. The van der Waals surface area contributed by atoms with Gasteiger partial charge in [0, 0.05) is 18.7 Å². The van der Waals surface area contributed by atoms with Crippen LogP contribution in [0.4, 0.5) is 5.69 Å². The van der Waals surface area contributed by atoms with Crippen LogP contribution in [0.25, 0.3) is 0 Å². The Morgan fingerprint density at radius 3 is 2.33 bits per heavy atom. The molecule has 1 N–H and O–H groups in total. The third-order valence-corrected chi connectivity index (χ3v) is 7.22. The number of sulfonamides is 1. The molecule has 1 heterocycles. The average Bonchev–Trinajstić information content (AvgIpc) is 3.13. The van der Waals surface area contributed by atoms with Gasteiger partial charge in [0.1, 0.15) is 4.90 Å². The summed E-state index contributed by atoms with van der Waals surface area (Å²) in [7, 11) is -3.72. The minimum absolute atomic E-state index is 0.0505. The Morgan fingerprint density at radius 1 is 1.04 bits per heavy atom. The Labute approximate surface area is 169 Å². The number of hydrogen-bond acceptors (Lipinski definition) is 3. The molecule has 0 aliphatic carbocycles. The Kier molecular flexibility index (Phi) is 5.82. The van der Waals surface area contributed by atoms with E-state index in [0.29, 0.717) is 23.8 Å². The molecule has 1 fully saturated rings. The maximum Gasteiger partial charge on any atom is 0.255 e. The molecule has 8 heteroatoms. The first-order valence-electron chi connectivity index (χ1n) is 8.58. The van der Waals surface area contributed by atoms with E-state index in [9.17, 15) is 13.2 Å². The van der Waals surface area contributed by atoms with Gasteiger partial charge in [0.15, 0.2) is 0 Å². The van der Waals surface area contributed by atoms with Crippen molar-refractivity contribution in [2.24, 2.45) is 0 Å². The molecule has 3 rings (SSSR count). The molecule has 0 unspecified atom stereocenters. The molecule has 1 saturated heterocycles. The standard InChI is InChI=1S/C19H20Cl2N2O3S/c1-12-9-13(2)18(16(21)10-12)22-19(24)14-5-6-15(20)17(11-14)27(25,26)23-7-3-4-8-23/h5-6,9-11H,3-4,7-8H2,1-2H3,(H,22,24). The zero-order valence-corrected chi connectivity index (χ0v) is 17.4. The van der Waals surface area contributed by atoms with Crippen molar-refractivity contribution in [2.45, 2.75) is 31.6 Å². The van der Waals surface area contributed by atoms with Crippen LogP contribution in [0.1, 0.15) is 34.3 Å². The summed E-state index contributed by atoms with van der Waals surface area (Å²) in [5.74, 6) is -0.446. The predicted octanol–water partition coefficient (Wildman–Crippen LogP) is 4.65. The van der Waals surface area contributed by atoms with Crippen molar-refractivity contribution in [1.29, 1.82) is 0 Å². The van der Waals surface area contributed by atoms with Crippen LogP contribution in [0.2, 0.25) is 10.0 Å². The van der Waals surface area contributed by atoms with Gasteiger partial charge in [-0.1, -0.05) is 29.3 Å². The van der Waals surface area contributed by atoms with Gasteiger partial charge in [-0.25, -0.2) is 8.42 Å². The minimum atomic E-state index is -3.72. The number of nitrogens with zero attached hydrogens (tertiary/aromatic N) is 1. The third-order valence-electron chi connectivity index (χ3n) is 4.55. The van der Waals surface area contributed by atoms with E-state index in [1.54, 1.807) is 6.07 Å². The van der Waals surface area contributed by atoms with Gasteiger partial charge in [-0.05, 0) is 62.1 Å². The zero-order chi connectivity index (χ0) is 19.8. The molecular weight excluding hydrogens is 407 g/mol. The van der Waals surface area contributed by atoms with Crippen LogP contribution < -0.4 is 5.32 Å². The molecule has 0 aromatic heterocycles. The summed E-state index contributed by atoms with van der Waals surface area (Å²) in [6, 6.07) is 7.92. The largest absolute Gasteiger partial charge is 0.320 e. The Bertz CT molecular complexity index is 977. The van der Waals surface area contributed by atoms with Crippen LogP contribution in [0.3, 0.4) is 0 Å². The zero-order valence-electron chi connectivity index (χ0n) is 15.1. The van der Waals surface area contributed by atoms with E-state index in [1.807, 2.05) is 19.9 Å². The van der Waals surface area contributed by atoms with Gasteiger partial charge in [-0.3, -0.25) is 4.79 Å². The van der Waals surface area contributed by atoms with Gasteiger partial charge >= 0.3 is 0 Å². The van der Waals surface area contributed by atoms with Crippen LogP contribution in [0.15, 0.2) is 35.2 Å². The monoisotopic (exact) mass is 426 g/mol. The van der Waals surface area contributed by atoms with Crippen LogP contribution in [0, 0.1) is 13.8 Å². The van der Waals surface area contributed by atoms with Gasteiger partial charge in [-0.15, -0.1) is 0 Å². The predicted molar refractivity (Wildman–Crippen MR) is 108 cm³/mol. The molecule has 2 aromatic carbocycles. The number of rotatable bonds is 4. The summed E-state index contributed by atoms with van der Waals surface area (Å²) in [5.41, 5.74) is 2.52. The molecule has 0 atom stereocenters. The number of anilines is 1. The van der Waals surface area contributed by atoms with Gasteiger partial charge in [0.25, 0.3) is 5.91 Å². The highest BCUT2D eigenvalue weighted by Crippen LogP contribution is 2.30. The molecule has 0 radical (unpaired) electrons. The number of halogens is 2. The van der Waals surface area contributed by atoms with E-state index in [-0.39, 0.29) is 15.5 Å². The Hall–Kier alpha value is -1.60. The van der Waals surface area contributed by atoms with E-state index in [0.717, 1.165) is 24.0 Å². The van der Waals surface area contributed by atoms with E-state index >= 15 is 0 Å². The summed E-state index contributed by atoms with van der Waals surface area (Å²) < 4.78 is 27.0. The highest BCUT2D eigenvalue weighted by Gasteiger charge is 2.29. The number of nitrogens with one attached hydrogen (secondary N) is 1. The van der Waals surface area contributed by atoms with Crippen molar-refractivity contribution in [1.82, 2.24) is 4.31 Å². The first-order chi connectivity index (χ1) is 12.7. The van der Waals surface area contributed by atoms with Crippen molar-refractivity contribution in [3.8, 4) is 0 Å². The fourth-order valence-corrected chi connectivity index (χ4v) is 5.56. The first-order valence-corrected chi connectivity index (χ1v) is 10.8. The summed E-state index contributed by atoms with van der Waals surface area (Å²) in [5, 5.41) is 3.30. The molecule has 1 amide bonds. The minimum Gasteiger partial charge on any atom is -0.320 e. The summed E-state index contributed by atoms with van der Waals surface area (Å²) in [6.45, 7) is 4.69. The second kappa shape index (κ2) is 7.80. The second-order valence-corrected chi connectivity index (χ2v) is 9.37. The van der Waals surface area contributed by atoms with Crippen molar-refractivity contribution in [2.75, 3.05) is 18.4 Å². The summed E-state index contributed by atoms with van der Waals surface area (Å²) in [6.07, 6.45) is 1.64. The SMILES string of the molecule is Cc1cc(C)c(NC(=O)c2ccc(Cl)c(S(=O)(=O)N3CCCC3)c2)c(Cl)c1. The molecular formula is C19H20Cl2N2O3S. The molecule has 27 heavy (non-hydrogen) atoms. The quantitative estimate of drug-likeness (QED) is 0.773. The normalized spacial score (nSPS) is 15.1. The molecule has 5 nitrogen and oxygen atoms in total. The highest BCUT2D eigenvalue weighted by atomic mass is 35.5.